The van der Waals surface area contributed by atoms with Gasteiger partial charge in [0.2, 0.25) is 5.91 Å². The molecule has 2 aromatic rings. The summed E-state index contributed by atoms with van der Waals surface area (Å²) < 4.78 is 6.78. The van der Waals surface area contributed by atoms with Gasteiger partial charge < -0.3 is 15.0 Å². The number of ether oxygens (including phenoxy) is 1. The summed E-state index contributed by atoms with van der Waals surface area (Å²) in [5, 5.41) is 9.22. The van der Waals surface area contributed by atoms with Crippen molar-refractivity contribution < 1.29 is 14.3 Å². The summed E-state index contributed by atoms with van der Waals surface area (Å²) in [6, 6.07) is 5.84. The van der Waals surface area contributed by atoms with Crippen LogP contribution in [0.2, 0.25) is 0 Å². The van der Waals surface area contributed by atoms with Crippen LogP contribution in [0.5, 0.6) is 0 Å². The van der Waals surface area contributed by atoms with E-state index >= 15 is 0 Å². The standard InChI is InChI=1S/C17H23N5O3S/c1-2-25-17(24)21-9-7-20(8-10-21)13-16(23)19-15-5-6-18-22(15)12-14-4-3-11-26-14/h3-6,11H,2,7-10,12-13H2,1H3,(H,19,23). The molecule has 1 aliphatic heterocycles. The van der Waals surface area contributed by atoms with E-state index in [1.165, 1.54) is 4.88 Å². The molecule has 9 heteroatoms. The van der Waals surface area contributed by atoms with Gasteiger partial charge in [-0.05, 0) is 18.4 Å². The Morgan fingerprint density at radius 3 is 2.77 bits per heavy atom. The van der Waals surface area contributed by atoms with E-state index in [2.05, 4.69) is 10.4 Å². The van der Waals surface area contributed by atoms with Crippen LogP contribution in [0, 0.1) is 0 Å². The maximum Gasteiger partial charge on any atom is 0.409 e. The minimum atomic E-state index is -0.283. The van der Waals surface area contributed by atoms with Crippen molar-refractivity contribution in [3.63, 3.8) is 0 Å². The molecule has 0 spiro atoms. The van der Waals surface area contributed by atoms with Crippen LogP contribution in [-0.4, -0.2) is 70.9 Å². The van der Waals surface area contributed by atoms with Gasteiger partial charge in [-0.2, -0.15) is 5.10 Å². The Balaban J connectivity index is 1.47. The van der Waals surface area contributed by atoms with Crippen LogP contribution in [0.4, 0.5) is 10.6 Å². The highest BCUT2D eigenvalue weighted by atomic mass is 32.1. The molecule has 2 aromatic heterocycles. The number of amides is 2. The fraction of sp³-hybridized carbons (Fsp3) is 0.471. The van der Waals surface area contributed by atoms with Crippen LogP contribution in [0.15, 0.2) is 29.8 Å². The maximum absolute atomic E-state index is 12.4. The molecule has 0 saturated carbocycles. The number of thiophene rings is 1. The summed E-state index contributed by atoms with van der Waals surface area (Å²) in [6.45, 7) is 5.55. The van der Waals surface area contributed by atoms with Gasteiger partial charge in [-0.25, -0.2) is 9.48 Å². The normalized spacial score (nSPS) is 15.0. The molecule has 0 atom stereocenters. The van der Waals surface area contributed by atoms with Crippen molar-refractivity contribution in [2.75, 3.05) is 44.6 Å². The van der Waals surface area contributed by atoms with E-state index < -0.39 is 0 Å². The quantitative estimate of drug-likeness (QED) is 0.829. The summed E-state index contributed by atoms with van der Waals surface area (Å²) >= 11 is 1.66. The third kappa shape index (κ3) is 4.83. The monoisotopic (exact) mass is 377 g/mol. The van der Waals surface area contributed by atoms with Crippen molar-refractivity contribution in [3.8, 4) is 0 Å². The number of piperazine rings is 1. The third-order valence-corrected chi connectivity index (χ3v) is 5.00. The van der Waals surface area contributed by atoms with Crippen molar-refractivity contribution in [2.45, 2.75) is 13.5 Å². The summed E-state index contributed by atoms with van der Waals surface area (Å²) in [5.74, 6) is 0.607. The van der Waals surface area contributed by atoms with Crippen molar-refractivity contribution >= 4 is 29.2 Å². The Labute approximate surface area is 156 Å². The number of hydrogen-bond acceptors (Lipinski definition) is 6. The van der Waals surface area contributed by atoms with E-state index in [1.807, 2.05) is 22.4 Å². The van der Waals surface area contributed by atoms with Gasteiger partial charge in [-0.15, -0.1) is 11.3 Å². The maximum atomic E-state index is 12.4. The first-order valence-electron chi connectivity index (χ1n) is 8.64. The van der Waals surface area contributed by atoms with Crippen LogP contribution < -0.4 is 5.32 Å². The fourth-order valence-corrected chi connectivity index (χ4v) is 3.49. The number of anilines is 1. The molecule has 0 radical (unpaired) electrons. The molecule has 8 nitrogen and oxygen atoms in total. The molecule has 1 aliphatic rings. The van der Waals surface area contributed by atoms with Crippen LogP contribution in [0.3, 0.4) is 0 Å². The highest BCUT2D eigenvalue weighted by molar-refractivity contribution is 7.09. The Bertz CT molecular complexity index is 723. The topological polar surface area (TPSA) is 79.7 Å². The molecule has 1 saturated heterocycles. The SMILES string of the molecule is CCOC(=O)N1CCN(CC(=O)Nc2ccnn2Cc2cccs2)CC1. The van der Waals surface area contributed by atoms with Gasteiger partial charge in [0.1, 0.15) is 5.82 Å². The van der Waals surface area contributed by atoms with Crippen LogP contribution in [0.1, 0.15) is 11.8 Å². The number of nitrogens with one attached hydrogen (secondary N) is 1. The Morgan fingerprint density at radius 1 is 1.27 bits per heavy atom. The second-order valence-corrected chi connectivity index (χ2v) is 7.00. The minimum absolute atomic E-state index is 0.0810. The van der Waals surface area contributed by atoms with Crippen LogP contribution in [-0.2, 0) is 16.1 Å². The van der Waals surface area contributed by atoms with Gasteiger partial charge in [-0.3, -0.25) is 9.69 Å². The van der Waals surface area contributed by atoms with E-state index in [-0.39, 0.29) is 12.0 Å². The first-order chi connectivity index (χ1) is 12.7. The summed E-state index contributed by atoms with van der Waals surface area (Å²) in [7, 11) is 0. The molecule has 0 aromatic carbocycles. The first-order valence-corrected chi connectivity index (χ1v) is 9.51. The Hall–Kier alpha value is -2.39. The lowest BCUT2D eigenvalue weighted by atomic mass is 10.3. The number of rotatable bonds is 6. The van der Waals surface area contributed by atoms with Gasteiger partial charge in [0.25, 0.3) is 0 Å². The average molecular weight is 377 g/mol. The number of carbonyl (C=O) groups is 2. The molecule has 0 aliphatic carbocycles. The van der Waals surface area contributed by atoms with Gasteiger partial charge in [0, 0.05) is 37.1 Å². The summed E-state index contributed by atoms with van der Waals surface area (Å²) in [5.41, 5.74) is 0. The average Bonchev–Trinajstić information content (AvgIpc) is 3.29. The highest BCUT2D eigenvalue weighted by Gasteiger charge is 2.23. The predicted octanol–water partition coefficient (Wildman–Crippen LogP) is 1.71. The van der Waals surface area contributed by atoms with Crippen molar-refractivity contribution in [3.05, 3.63) is 34.7 Å². The van der Waals surface area contributed by atoms with Gasteiger partial charge in [0.05, 0.1) is 25.9 Å². The molecule has 26 heavy (non-hydrogen) atoms. The molecule has 0 unspecified atom stereocenters. The molecule has 2 amide bonds. The van der Waals surface area contributed by atoms with E-state index in [4.69, 9.17) is 4.74 Å². The molecular weight excluding hydrogens is 354 g/mol. The highest BCUT2D eigenvalue weighted by Crippen LogP contribution is 2.14. The van der Waals surface area contributed by atoms with Crippen molar-refractivity contribution in [2.24, 2.45) is 0 Å². The van der Waals surface area contributed by atoms with E-state index in [0.717, 1.165) is 0 Å². The largest absolute Gasteiger partial charge is 0.450 e. The molecular formula is C17H23N5O3S. The Kier molecular flexibility index (Phi) is 6.24. The lowest BCUT2D eigenvalue weighted by Crippen LogP contribution is -2.50. The fourth-order valence-electron chi connectivity index (χ4n) is 2.80. The van der Waals surface area contributed by atoms with Gasteiger partial charge in [0.15, 0.2) is 0 Å². The van der Waals surface area contributed by atoms with Crippen LogP contribution in [0.25, 0.3) is 0 Å². The smallest absolute Gasteiger partial charge is 0.409 e. The summed E-state index contributed by atoms with van der Waals surface area (Å²) in [6.07, 6.45) is 1.40. The first kappa shape index (κ1) is 18.4. The number of nitrogens with zero attached hydrogens (tertiary/aromatic N) is 4. The van der Waals surface area contributed by atoms with Crippen LogP contribution >= 0.6 is 11.3 Å². The molecule has 0 bridgehead atoms. The lowest BCUT2D eigenvalue weighted by Gasteiger charge is -2.33. The Morgan fingerprint density at radius 2 is 2.08 bits per heavy atom. The van der Waals surface area contributed by atoms with Crippen molar-refractivity contribution in [1.82, 2.24) is 19.6 Å². The number of hydrogen-bond donors (Lipinski definition) is 1. The van der Waals surface area contributed by atoms with E-state index in [0.29, 0.717) is 51.7 Å². The summed E-state index contributed by atoms with van der Waals surface area (Å²) in [4.78, 5) is 28.9. The molecule has 1 N–H and O–H groups in total. The predicted molar refractivity (Wildman–Crippen MR) is 99.3 cm³/mol. The molecule has 1 fully saturated rings. The lowest BCUT2D eigenvalue weighted by molar-refractivity contribution is -0.117. The zero-order valence-electron chi connectivity index (χ0n) is 14.8. The molecule has 3 rings (SSSR count). The minimum Gasteiger partial charge on any atom is -0.450 e. The number of aromatic nitrogens is 2. The molecule has 140 valence electrons. The van der Waals surface area contributed by atoms with Crippen molar-refractivity contribution in [1.29, 1.82) is 0 Å². The third-order valence-electron chi connectivity index (χ3n) is 4.14. The zero-order valence-corrected chi connectivity index (χ0v) is 15.6. The van der Waals surface area contributed by atoms with Gasteiger partial charge in [-0.1, -0.05) is 6.07 Å². The van der Waals surface area contributed by atoms with E-state index in [9.17, 15) is 9.59 Å². The second kappa shape index (κ2) is 8.81. The molecule has 3 heterocycles. The number of carbonyl (C=O) groups excluding carboxylic acids is 2. The van der Waals surface area contributed by atoms with Gasteiger partial charge >= 0.3 is 6.09 Å². The second-order valence-electron chi connectivity index (χ2n) is 5.96. The van der Waals surface area contributed by atoms with E-state index in [1.54, 1.807) is 40.1 Å². The zero-order chi connectivity index (χ0) is 18.4.